The van der Waals surface area contributed by atoms with Gasteiger partial charge in [-0.1, -0.05) is 63.3 Å². The van der Waals surface area contributed by atoms with Gasteiger partial charge in [0, 0.05) is 13.5 Å². The second-order valence-electron chi connectivity index (χ2n) is 8.41. The van der Waals surface area contributed by atoms with Crippen LogP contribution in [0.1, 0.15) is 84.0 Å². The molecule has 1 heterocycles. The summed E-state index contributed by atoms with van der Waals surface area (Å²) in [5.74, 6) is -0.360. The Morgan fingerprint density at radius 1 is 0.844 bits per heavy atom. The Morgan fingerprint density at radius 2 is 1.47 bits per heavy atom. The zero-order valence-corrected chi connectivity index (χ0v) is 19.9. The third-order valence-electron chi connectivity index (χ3n) is 5.64. The maximum atomic E-state index is 11.9. The number of rotatable bonds is 17. The number of ether oxygens (including phenoxy) is 3. The normalized spacial score (nSPS) is 26.2. The number of carbonyl (C=O) groups excluding carboxylic acids is 1. The number of aliphatic hydroxyl groups excluding tert-OH is 3. The van der Waals surface area contributed by atoms with E-state index in [1.54, 1.807) is 0 Å². The summed E-state index contributed by atoms with van der Waals surface area (Å²) in [6, 6.07) is 0. The maximum absolute atomic E-state index is 11.9. The second-order valence-corrected chi connectivity index (χ2v) is 8.41. The molecule has 0 aromatic rings. The average Bonchev–Trinajstić information content (AvgIpc) is 2.79. The van der Waals surface area contributed by atoms with Crippen LogP contribution in [-0.2, 0) is 19.0 Å². The molecule has 7 nitrogen and oxygen atoms in total. The highest BCUT2D eigenvalue weighted by Crippen LogP contribution is 2.22. The number of carbonyl (C=O) groups is 1. The lowest BCUT2D eigenvalue weighted by molar-refractivity contribution is -0.295. The molecule has 0 radical (unpaired) electrons. The van der Waals surface area contributed by atoms with Gasteiger partial charge in [-0.25, -0.2) is 0 Å². The van der Waals surface area contributed by atoms with Crippen LogP contribution in [0.15, 0.2) is 24.3 Å². The molecule has 1 saturated heterocycles. The van der Waals surface area contributed by atoms with Gasteiger partial charge in [0.05, 0.1) is 0 Å². The standard InChI is InChI=1S/C25H44O7/c1-3-4-5-6-7-8-9-10-11-12-13-14-15-16-17-18-21(26)31-19-20-22(27)23(28)24(29)25(30-2)32-20/h7-8,10-11,20,22-25,27-29H,3-6,9,12-19H2,1-2H3/b8-7-,11-10-/t20-,22-,23+,24-,25?/m1/s1. The van der Waals surface area contributed by atoms with Crippen molar-refractivity contribution in [1.82, 2.24) is 0 Å². The quantitative estimate of drug-likeness (QED) is 0.174. The molecule has 0 aliphatic carbocycles. The highest BCUT2D eigenvalue weighted by Gasteiger charge is 2.44. The van der Waals surface area contributed by atoms with Gasteiger partial charge in [-0.15, -0.1) is 0 Å². The molecule has 5 atom stereocenters. The van der Waals surface area contributed by atoms with Gasteiger partial charge in [0.1, 0.15) is 31.0 Å². The van der Waals surface area contributed by atoms with E-state index < -0.39 is 30.7 Å². The van der Waals surface area contributed by atoms with E-state index >= 15 is 0 Å². The number of unbranched alkanes of at least 4 members (excludes halogenated alkanes) is 8. The molecular weight excluding hydrogens is 412 g/mol. The minimum atomic E-state index is -1.42. The van der Waals surface area contributed by atoms with Gasteiger partial charge < -0.3 is 29.5 Å². The number of esters is 1. The van der Waals surface area contributed by atoms with E-state index in [9.17, 15) is 20.1 Å². The van der Waals surface area contributed by atoms with E-state index in [0.717, 1.165) is 44.9 Å². The Hall–Kier alpha value is -1.25. The van der Waals surface area contributed by atoms with Crippen molar-refractivity contribution in [2.24, 2.45) is 0 Å². The van der Waals surface area contributed by atoms with Crippen molar-refractivity contribution in [3.63, 3.8) is 0 Å². The Morgan fingerprint density at radius 3 is 2.12 bits per heavy atom. The van der Waals surface area contributed by atoms with E-state index in [0.29, 0.717) is 6.42 Å². The van der Waals surface area contributed by atoms with E-state index in [1.807, 2.05) is 0 Å². The molecule has 1 aliphatic rings. The van der Waals surface area contributed by atoms with Crippen LogP contribution in [0, 0.1) is 0 Å². The lowest BCUT2D eigenvalue weighted by Gasteiger charge is -2.39. The predicted octanol–water partition coefficient (Wildman–Crippen LogP) is 3.80. The van der Waals surface area contributed by atoms with Crippen LogP contribution >= 0.6 is 0 Å². The zero-order chi connectivity index (χ0) is 23.6. The first kappa shape index (κ1) is 28.8. The van der Waals surface area contributed by atoms with Crippen LogP contribution in [0.25, 0.3) is 0 Å². The summed E-state index contributed by atoms with van der Waals surface area (Å²) in [5.41, 5.74) is 0. The molecule has 1 aliphatic heterocycles. The van der Waals surface area contributed by atoms with Crippen LogP contribution in [0.2, 0.25) is 0 Å². The summed E-state index contributed by atoms with van der Waals surface area (Å²) in [6.07, 6.45) is 15.5. The Kier molecular flexibility index (Phi) is 16.4. The van der Waals surface area contributed by atoms with Crippen molar-refractivity contribution in [2.45, 2.75) is 115 Å². The summed E-state index contributed by atoms with van der Waals surface area (Å²) in [4.78, 5) is 11.9. The Labute approximate surface area is 193 Å². The molecule has 0 aromatic heterocycles. The number of allylic oxidation sites excluding steroid dienone is 4. The fourth-order valence-electron chi connectivity index (χ4n) is 3.58. The smallest absolute Gasteiger partial charge is 0.305 e. The van der Waals surface area contributed by atoms with E-state index in [2.05, 4.69) is 31.2 Å². The summed E-state index contributed by atoms with van der Waals surface area (Å²) in [6.45, 7) is 2.03. The second kappa shape index (κ2) is 18.2. The van der Waals surface area contributed by atoms with E-state index in [1.165, 1.54) is 32.8 Å². The van der Waals surface area contributed by atoms with Crippen LogP contribution in [0.4, 0.5) is 0 Å². The Bertz CT molecular complexity index is 532. The average molecular weight is 457 g/mol. The first-order valence-electron chi connectivity index (χ1n) is 12.2. The molecule has 186 valence electrons. The maximum Gasteiger partial charge on any atom is 0.305 e. The molecule has 0 bridgehead atoms. The van der Waals surface area contributed by atoms with Crippen molar-refractivity contribution in [3.05, 3.63) is 24.3 Å². The topological polar surface area (TPSA) is 105 Å². The summed E-state index contributed by atoms with van der Waals surface area (Å²) in [7, 11) is 1.32. The van der Waals surface area contributed by atoms with Crippen molar-refractivity contribution >= 4 is 5.97 Å². The molecular formula is C25H44O7. The molecule has 0 amide bonds. The molecule has 3 N–H and O–H groups in total. The van der Waals surface area contributed by atoms with Gasteiger partial charge in [-0.3, -0.25) is 4.79 Å². The Balaban J connectivity index is 2.00. The summed E-state index contributed by atoms with van der Waals surface area (Å²) in [5, 5.41) is 29.5. The monoisotopic (exact) mass is 456 g/mol. The first-order chi connectivity index (χ1) is 15.5. The highest BCUT2D eigenvalue weighted by atomic mass is 16.7. The van der Waals surface area contributed by atoms with Crippen molar-refractivity contribution in [3.8, 4) is 0 Å². The van der Waals surface area contributed by atoms with Gasteiger partial charge in [0.25, 0.3) is 0 Å². The van der Waals surface area contributed by atoms with Crippen LogP contribution < -0.4 is 0 Å². The fourth-order valence-corrected chi connectivity index (χ4v) is 3.58. The minimum Gasteiger partial charge on any atom is -0.463 e. The highest BCUT2D eigenvalue weighted by molar-refractivity contribution is 5.69. The van der Waals surface area contributed by atoms with Crippen molar-refractivity contribution in [2.75, 3.05) is 13.7 Å². The molecule has 1 unspecified atom stereocenters. The van der Waals surface area contributed by atoms with Crippen molar-refractivity contribution in [1.29, 1.82) is 0 Å². The van der Waals surface area contributed by atoms with Crippen LogP contribution in [-0.4, -0.2) is 65.7 Å². The summed E-state index contributed by atoms with van der Waals surface area (Å²) < 4.78 is 15.4. The third-order valence-corrected chi connectivity index (χ3v) is 5.64. The number of hydrogen-bond acceptors (Lipinski definition) is 7. The van der Waals surface area contributed by atoms with Gasteiger partial charge >= 0.3 is 5.97 Å². The minimum absolute atomic E-state index is 0.191. The number of methoxy groups -OCH3 is 1. The first-order valence-corrected chi connectivity index (χ1v) is 12.2. The molecule has 0 saturated carbocycles. The lowest BCUT2D eigenvalue weighted by Crippen LogP contribution is -2.59. The largest absolute Gasteiger partial charge is 0.463 e. The number of aliphatic hydroxyl groups is 3. The van der Waals surface area contributed by atoms with Gasteiger partial charge in [-0.2, -0.15) is 0 Å². The van der Waals surface area contributed by atoms with Gasteiger partial charge in [0.15, 0.2) is 6.29 Å². The molecule has 0 spiro atoms. The van der Waals surface area contributed by atoms with Gasteiger partial charge in [0.2, 0.25) is 0 Å². The fraction of sp³-hybridized carbons (Fsp3) is 0.800. The van der Waals surface area contributed by atoms with Crippen LogP contribution in [0.3, 0.4) is 0 Å². The van der Waals surface area contributed by atoms with Crippen molar-refractivity contribution < 1.29 is 34.3 Å². The summed E-state index contributed by atoms with van der Waals surface area (Å²) >= 11 is 0. The zero-order valence-electron chi connectivity index (χ0n) is 19.9. The number of hydrogen-bond donors (Lipinski definition) is 3. The SMILES string of the molecule is CCCCC/C=C\C/C=C\CCCCCCCC(=O)OC[C@H]1OC(OC)[C@H](O)[C@@H](O)[C@@H]1O. The van der Waals surface area contributed by atoms with Crippen LogP contribution in [0.5, 0.6) is 0 Å². The third kappa shape index (κ3) is 12.1. The lowest BCUT2D eigenvalue weighted by atomic mass is 9.99. The van der Waals surface area contributed by atoms with E-state index in [-0.39, 0.29) is 12.6 Å². The molecule has 1 fully saturated rings. The van der Waals surface area contributed by atoms with E-state index in [4.69, 9.17) is 14.2 Å². The molecule has 0 aromatic carbocycles. The predicted molar refractivity (Wildman–Crippen MR) is 124 cm³/mol. The molecule has 32 heavy (non-hydrogen) atoms. The molecule has 1 rings (SSSR count). The molecule has 7 heteroatoms. The van der Waals surface area contributed by atoms with Gasteiger partial charge in [-0.05, 0) is 38.5 Å².